The second-order valence-corrected chi connectivity index (χ2v) is 4.17. The summed E-state index contributed by atoms with van der Waals surface area (Å²) in [4.78, 5) is 11.1. The largest absolute Gasteiger partial charge is 0.296 e. The quantitative estimate of drug-likeness (QED) is 0.408. The van der Waals surface area contributed by atoms with Crippen LogP contribution in [0.4, 0.5) is 0 Å². The lowest BCUT2D eigenvalue weighted by Crippen LogP contribution is -2.53. The van der Waals surface area contributed by atoms with Crippen molar-refractivity contribution < 1.29 is 4.79 Å². The summed E-state index contributed by atoms with van der Waals surface area (Å²) in [6, 6.07) is 0. The fourth-order valence-corrected chi connectivity index (χ4v) is 2.34. The first kappa shape index (κ1) is 6.68. The fraction of sp³-hybridized carbons (Fsp3) is 0.571. The molecule has 1 fully saturated rings. The molecule has 54 valence electrons. The molecule has 10 heavy (non-hydrogen) atoms. The van der Waals surface area contributed by atoms with Gasteiger partial charge in [0, 0.05) is 11.8 Å². The minimum absolute atomic E-state index is 0.00849. The van der Waals surface area contributed by atoms with Crippen molar-refractivity contribution >= 4 is 29.0 Å². The maximum atomic E-state index is 11.1. The van der Waals surface area contributed by atoms with Gasteiger partial charge >= 0.3 is 0 Å². The van der Waals surface area contributed by atoms with Crippen molar-refractivity contribution in [1.82, 2.24) is 0 Å². The van der Waals surface area contributed by atoms with Crippen molar-refractivity contribution in [3.63, 3.8) is 0 Å². The number of hydrogen-bond donors (Lipinski definition) is 0. The molecule has 0 spiro atoms. The van der Waals surface area contributed by atoms with Crippen molar-refractivity contribution in [2.45, 2.75) is 10.8 Å². The van der Waals surface area contributed by atoms with Gasteiger partial charge in [-0.3, -0.25) is 4.79 Å². The van der Waals surface area contributed by atoms with E-state index >= 15 is 0 Å². The number of ketones is 1. The van der Waals surface area contributed by atoms with Crippen LogP contribution in [-0.2, 0) is 4.79 Å². The Labute approximate surface area is 69.0 Å². The molecule has 0 bridgehead atoms. The van der Waals surface area contributed by atoms with E-state index in [1.807, 2.05) is 12.2 Å². The third-order valence-corrected chi connectivity index (χ3v) is 3.13. The van der Waals surface area contributed by atoms with Gasteiger partial charge in [0.25, 0.3) is 0 Å². The third-order valence-electron chi connectivity index (χ3n) is 2.25. The van der Waals surface area contributed by atoms with Gasteiger partial charge in [-0.1, -0.05) is 35.4 Å². The molecule has 0 radical (unpaired) electrons. The van der Waals surface area contributed by atoms with Crippen molar-refractivity contribution in [3.8, 4) is 0 Å². The van der Waals surface area contributed by atoms with Crippen LogP contribution in [0.3, 0.4) is 0 Å². The Kier molecular flexibility index (Phi) is 1.19. The van der Waals surface area contributed by atoms with Crippen molar-refractivity contribution in [2.24, 2.45) is 11.8 Å². The molecule has 0 unspecified atom stereocenters. The predicted octanol–water partition coefficient (Wildman–Crippen LogP) is 1.94. The van der Waals surface area contributed by atoms with E-state index in [-0.39, 0.29) is 17.6 Å². The molecule has 3 heteroatoms. The zero-order valence-electron chi connectivity index (χ0n) is 5.18. The van der Waals surface area contributed by atoms with Crippen molar-refractivity contribution in [2.75, 3.05) is 0 Å². The molecule has 2 rings (SSSR count). The highest BCUT2D eigenvalue weighted by Crippen LogP contribution is 2.53. The molecular formula is C7H6Cl2O. The number of carbonyl (C=O) groups excluding carboxylic acids is 1. The predicted molar refractivity (Wildman–Crippen MR) is 40.2 cm³/mol. The van der Waals surface area contributed by atoms with E-state index in [0.29, 0.717) is 0 Å². The average Bonchev–Trinajstić information content (AvgIpc) is 2.31. The zero-order chi connectivity index (χ0) is 7.35. The number of Topliss-reactive ketones (excluding diaryl/α,β-unsaturated/α-hetero) is 1. The van der Waals surface area contributed by atoms with Crippen LogP contribution in [0, 0.1) is 11.8 Å². The summed E-state index contributed by atoms with van der Waals surface area (Å²) in [7, 11) is 0. The lowest BCUT2D eigenvalue weighted by Gasteiger charge is -2.40. The van der Waals surface area contributed by atoms with Gasteiger partial charge in [-0.05, 0) is 6.42 Å². The first-order chi connectivity index (χ1) is 4.64. The molecule has 0 heterocycles. The highest BCUT2D eigenvalue weighted by molar-refractivity contribution is 6.61. The molecule has 0 N–H and O–H groups in total. The SMILES string of the molecule is O=C1[C@H]2CC=C[C@H]2C1(Cl)Cl. The highest BCUT2D eigenvalue weighted by atomic mass is 35.5. The zero-order valence-corrected chi connectivity index (χ0v) is 6.69. The van der Waals surface area contributed by atoms with Gasteiger partial charge in [-0.15, -0.1) is 0 Å². The van der Waals surface area contributed by atoms with Crippen LogP contribution < -0.4 is 0 Å². The fourth-order valence-electron chi connectivity index (χ4n) is 1.61. The van der Waals surface area contributed by atoms with E-state index in [1.54, 1.807) is 0 Å². The number of hydrogen-bond acceptors (Lipinski definition) is 1. The normalized spacial score (nSPS) is 41.2. The second-order valence-electron chi connectivity index (χ2n) is 2.78. The van der Waals surface area contributed by atoms with Crippen molar-refractivity contribution in [1.29, 1.82) is 0 Å². The van der Waals surface area contributed by atoms with Crippen LogP contribution in [0.2, 0.25) is 0 Å². The summed E-state index contributed by atoms with van der Waals surface area (Å²) in [6.07, 6.45) is 4.73. The maximum absolute atomic E-state index is 11.1. The Morgan fingerprint density at radius 3 is 2.90 bits per heavy atom. The van der Waals surface area contributed by atoms with Gasteiger partial charge in [0.1, 0.15) is 0 Å². The number of halogens is 2. The van der Waals surface area contributed by atoms with E-state index in [0.717, 1.165) is 6.42 Å². The van der Waals surface area contributed by atoms with E-state index in [1.165, 1.54) is 0 Å². The number of rotatable bonds is 0. The summed E-state index contributed by atoms with van der Waals surface area (Å²) in [5.74, 6) is 0.171. The smallest absolute Gasteiger partial charge is 0.183 e. The summed E-state index contributed by atoms with van der Waals surface area (Å²) in [5, 5.41) is 0. The summed E-state index contributed by atoms with van der Waals surface area (Å²) < 4.78 is -1.10. The van der Waals surface area contributed by atoms with Crippen LogP contribution in [0.25, 0.3) is 0 Å². The molecule has 0 aromatic rings. The molecule has 1 nitrogen and oxygen atoms in total. The second kappa shape index (κ2) is 1.77. The number of carbonyl (C=O) groups is 1. The summed E-state index contributed by atoms with van der Waals surface area (Å²) in [6.45, 7) is 0. The highest BCUT2D eigenvalue weighted by Gasteiger charge is 2.60. The molecule has 2 aliphatic carbocycles. The average molecular weight is 177 g/mol. The topological polar surface area (TPSA) is 17.1 Å². The number of allylic oxidation sites excluding steroid dienone is 2. The molecule has 0 aromatic heterocycles. The summed E-state index contributed by atoms with van der Waals surface area (Å²) in [5.41, 5.74) is 0. The van der Waals surface area contributed by atoms with Gasteiger partial charge in [-0.25, -0.2) is 0 Å². The lowest BCUT2D eigenvalue weighted by atomic mass is 9.73. The van der Waals surface area contributed by atoms with Gasteiger partial charge in [0.15, 0.2) is 10.1 Å². The molecule has 0 amide bonds. The standard InChI is InChI=1S/C7H6Cl2O/c8-7(9)5-3-1-2-4(5)6(7)10/h1,3-5H,2H2/t4-,5+/m0/s1. The van der Waals surface area contributed by atoms with E-state index < -0.39 is 4.33 Å². The molecular weight excluding hydrogens is 171 g/mol. The monoisotopic (exact) mass is 176 g/mol. The van der Waals surface area contributed by atoms with Crippen LogP contribution >= 0.6 is 23.2 Å². The van der Waals surface area contributed by atoms with Gasteiger partial charge in [0.05, 0.1) is 0 Å². The van der Waals surface area contributed by atoms with Crippen LogP contribution in [0.15, 0.2) is 12.2 Å². The van der Waals surface area contributed by atoms with Crippen LogP contribution in [0.1, 0.15) is 6.42 Å². The van der Waals surface area contributed by atoms with Crippen LogP contribution in [0.5, 0.6) is 0 Å². The molecule has 1 saturated carbocycles. The first-order valence-corrected chi connectivity index (χ1v) is 3.98. The van der Waals surface area contributed by atoms with Gasteiger partial charge < -0.3 is 0 Å². The van der Waals surface area contributed by atoms with E-state index in [2.05, 4.69) is 0 Å². The van der Waals surface area contributed by atoms with E-state index in [4.69, 9.17) is 23.2 Å². The summed E-state index contributed by atoms with van der Waals surface area (Å²) >= 11 is 11.4. The van der Waals surface area contributed by atoms with E-state index in [9.17, 15) is 4.79 Å². The third kappa shape index (κ3) is 0.578. The minimum Gasteiger partial charge on any atom is -0.296 e. The van der Waals surface area contributed by atoms with Gasteiger partial charge in [0.2, 0.25) is 0 Å². The molecule has 2 aliphatic rings. The van der Waals surface area contributed by atoms with Crippen molar-refractivity contribution in [3.05, 3.63) is 12.2 Å². The molecule has 0 saturated heterocycles. The molecule has 0 aliphatic heterocycles. The Morgan fingerprint density at radius 1 is 1.60 bits per heavy atom. The number of fused-ring (bicyclic) bond motifs is 1. The molecule has 0 aromatic carbocycles. The Morgan fingerprint density at radius 2 is 2.30 bits per heavy atom. The minimum atomic E-state index is -1.10. The maximum Gasteiger partial charge on any atom is 0.183 e. The molecule has 2 atom stereocenters. The van der Waals surface area contributed by atoms with Crippen LogP contribution in [-0.4, -0.2) is 10.1 Å². The first-order valence-electron chi connectivity index (χ1n) is 3.23. The Balaban J connectivity index is 2.29. The van der Waals surface area contributed by atoms with Gasteiger partial charge in [-0.2, -0.15) is 0 Å². The Hall–Kier alpha value is -0.0100. The lowest BCUT2D eigenvalue weighted by molar-refractivity contribution is -0.132. The number of alkyl halides is 2. The Bertz CT molecular complexity index is 220.